The Labute approximate surface area is 144 Å². The van der Waals surface area contributed by atoms with Crippen molar-refractivity contribution in [3.8, 4) is 0 Å². The number of carbonyl (C=O) groups excluding carboxylic acids is 1. The van der Waals surface area contributed by atoms with Crippen molar-refractivity contribution in [2.24, 2.45) is 0 Å². The molecule has 1 N–H and O–H groups in total. The molecule has 2 aromatic rings. The van der Waals surface area contributed by atoms with E-state index in [0.29, 0.717) is 11.3 Å². The maximum atomic E-state index is 13.4. The monoisotopic (exact) mass is 349 g/mol. The van der Waals surface area contributed by atoms with Crippen LogP contribution in [0.5, 0.6) is 0 Å². The lowest BCUT2D eigenvalue weighted by Crippen LogP contribution is -2.43. The van der Waals surface area contributed by atoms with Gasteiger partial charge in [-0.25, -0.2) is 18.3 Å². The largest absolute Gasteiger partial charge is 0.348 e. The van der Waals surface area contributed by atoms with Crippen molar-refractivity contribution < 1.29 is 13.6 Å². The second-order valence-corrected chi connectivity index (χ2v) is 7.03. The summed E-state index contributed by atoms with van der Waals surface area (Å²) in [5.74, 6) is -0.0675. The zero-order chi connectivity index (χ0) is 17.6. The average molecular weight is 349 g/mol. The normalized spacial score (nSPS) is 19.7. The Kier molecular flexibility index (Phi) is 4.15. The summed E-state index contributed by atoms with van der Waals surface area (Å²) >= 11 is 0. The number of rotatable bonds is 4. The highest BCUT2D eigenvalue weighted by atomic mass is 19.3. The van der Waals surface area contributed by atoms with Crippen LogP contribution in [0.1, 0.15) is 59.9 Å². The Bertz CT molecular complexity index is 794. The van der Waals surface area contributed by atoms with Crippen molar-refractivity contribution in [2.75, 3.05) is 20.1 Å². The van der Waals surface area contributed by atoms with Gasteiger partial charge in [-0.1, -0.05) is 0 Å². The van der Waals surface area contributed by atoms with Gasteiger partial charge in [0, 0.05) is 23.7 Å². The first kappa shape index (κ1) is 16.4. The molecule has 0 unspecified atom stereocenters. The van der Waals surface area contributed by atoms with Crippen LogP contribution in [-0.2, 0) is 0 Å². The quantitative estimate of drug-likeness (QED) is 0.921. The van der Waals surface area contributed by atoms with E-state index >= 15 is 0 Å². The van der Waals surface area contributed by atoms with Crippen molar-refractivity contribution in [2.45, 2.75) is 44.1 Å². The first-order chi connectivity index (χ1) is 12.0. The second-order valence-electron chi connectivity index (χ2n) is 7.03. The molecule has 8 heteroatoms. The molecular formula is C17H21F2N5O. The molecule has 1 saturated carbocycles. The van der Waals surface area contributed by atoms with E-state index in [9.17, 15) is 13.6 Å². The molecule has 1 aliphatic carbocycles. The fraction of sp³-hybridized carbons (Fsp3) is 0.588. The van der Waals surface area contributed by atoms with Crippen molar-refractivity contribution in [3.05, 3.63) is 29.2 Å². The molecule has 1 aliphatic heterocycles. The van der Waals surface area contributed by atoms with Crippen molar-refractivity contribution in [3.63, 3.8) is 0 Å². The number of hydrogen-bond donors (Lipinski definition) is 1. The standard InChI is InChI=1S/C17H21F2N5O/c1-23-6-4-11(5-7-23)20-17(25)13-9-15-21-12(10-2-3-10)8-14(16(18)19)24(15)22-13/h8-11,16H,2-7H2,1H3,(H,20,25). The number of hydrogen-bond acceptors (Lipinski definition) is 4. The maximum absolute atomic E-state index is 13.4. The Hall–Kier alpha value is -2.09. The highest BCUT2D eigenvalue weighted by Gasteiger charge is 2.28. The van der Waals surface area contributed by atoms with Crippen LogP contribution in [0.2, 0.25) is 0 Å². The molecule has 2 aliphatic rings. The summed E-state index contributed by atoms with van der Waals surface area (Å²) in [5.41, 5.74) is 0.921. The second kappa shape index (κ2) is 6.33. The van der Waals surface area contributed by atoms with E-state index in [1.807, 2.05) is 0 Å². The first-order valence-electron chi connectivity index (χ1n) is 8.69. The number of piperidine rings is 1. The molecule has 134 valence electrons. The Balaban J connectivity index is 1.59. The highest BCUT2D eigenvalue weighted by Crippen LogP contribution is 2.40. The molecule has 4 rings (SSSR count). The van der Waals surface area contributed by atoms with Crippen LogP contribution in [-0.4, -0.2) is 51.6 Å². The Morgan fingerprint density at radius 2 is 1.96 bits per heavy atom. The van der Waals surface area contributed by atoms with Crippen LogP contribution in [0.25, 0.3) is 5.65 Å². The highest BCUT2D eigenvalue weighted by molar-refractivity contribution is 5.93. The summed E-state index contributed by atoms with van der Waals surface area (Å²) in [6, 6.07) is 3.02. The summed E-state index contributed by atoms with van der Waals surface area (Å²) in [5, 5.41) is 7.05. The minimum absolute atomic E-state index is 0.0954. The lowest BCUT2D eigenvalue weighted by Gasteiger charge is -2.29. The molecule has 0 radical (unpaired) electrons. The lowest BCUT2D eigenvalue weighted by molar-refractivity contribution is 0.0910. The predicted octanol–water partition coefficient (Wildman–Crippen LogP) is 2.37. The van der Waals surface area contributed by atoms with E-state index in [2.05, 4.69) is 27.3 Å². The Morgan fingerprint density at radius 1 is 1.24 bits per heavy atom. The van der Waals surface area contributed by atoms with Crippen molar-refractivity contribution >= 4 is 11.6 Å². The molecule has 0 atom stereocenters. The molecule has 3 heterocycles. The van der Waals surface area contributed by atoms with Gasteiger partial charge in [-0.3, -0.25) is 4.79 Å². The number of alkyl halides is 2. The van der Waals surface area contributed by atoms with Crippen LogP contribution in [0.3, 0.4) is 0 Å². The fourth-order valence-corrected chi connectivity index (χ4v) is 3.28. The van der Waals surface area contributed by atoms with E-state index in [4.69, 9.17) is 0 Å². The van der Waals surface area contributed by atoms with E-state index in [1.54, 1.807) is 0 Å². The third-order valence-electron chi connectivity index (χ3n) is 4.98. The van der Waals surface area contributed by atoms with Crippen LogP contribution < -0.4 is 5.32 Å². The SMILES string of the molecule is CN1CCC(NC(=O)c2cc3nc(C4CC4)cc(C(F)F)n3n2)CC1. The van der Waals surface area contributed by atoms with E-state index in [-0.39, 0.29) is 29.3 Å². The molecular weight excluding hydrogens is 328 g/mol. The number of fused-ring (bicyclic) bond motifs is 1. The molecule has 6 nitrogen and oxygen atoms in total. The van der Waals surface area contributed by atoms with Crippen LogP contribution in [0.4, 0.5) is 8.78 Å². The van der Waals surface area contributed by atoms with Gasteiger partial charge in [-0.2, -0.15) is 5.10 Å². The van der Waals surface area contributed by atoms with Crippen LogP contribution in [0, 0.1) is 0 Å². The van der Waals surface area contributed by atoms with Gasteiger partial charge in [0.15, 0.2) is 11.3 Å². The van der Waals surface area contributed by atoms with Gasteiger partial charge in [-0.05, 0) is 51.9 Å². The maximum Gasteiger partial charge on any atom is 0.280 e. The minimum atomic E-state index is -2.66. The molecule has 2 aromatic heterocycles. The van der Waals surface area contributed by atoms with Gasteiger partial charge >= 0.3 is 0 Å². The van der Waals surface area contributed by atoms with Gasteiger partial charge in [0.25, 0.3) is 12.3 Å². The molecule has 1 amide bonds. The van der Waals surface area contributed by atoms with Crippen molar-refractivity contribution in [1.29, 1.82) is 0 Å². The van der Waals surface area contributed by atoms with Gasteiger partial charge < -0.3 is 10.2 Å². The number of nitrogens with zero attached hydrogens (tertiary/aromatic N) is 4. The first-order valence-corrected chi connectivity index (χ1v) is 8.69. The number of carbonyl (C=O) groups is 1. The van der Waals surface area contributed by atoms with Gasteiger partial charge in [0.05, 0.1) is 0 Å². The third-order valence-corrected chi connectivity index (χ3v) is 4.98. The summed E-state index contributed by atoms with van der Waals surface area (Å²) in [7, 11) is 2.05. The number of likely N-dealkylation sites (tertiary alicyclic amines) is 1. The topological polar surface area (TPSA) is 62.5 Å². The lowest BCUT2D eigenvalue weighted by atomic mass is 10.1. The van der Waals surface area contributed by atoms with E-state index in [1.165, 1.54) is 12.1 Å². The molecule has 0 bridgehead atoms. The molecule has 1 saturated heterocycles. The summed E-state index contributed by atoms with van der Waals surface area (Å²) in [6.45, 7) is 1.86. The number of amides is 1. The molecule has 0 spiro atoms. The third kappa shape index (κ3) is 3.35. The van der Waals surface area contributed by atoms with Crippen molar-refractivity contribution in [1.82, 2.24) is 24.8 Å². The zero-order valence-electron chi connectivity index (χ0n) is 14.1. The van der Waals surface area contributed by atoms with Gasteiger partial charge in [-0.15, -0.1) is 0 Å². The predicted molar refractivity (Wildman–Crippen MR) is 87.9 cm³/mol. The molecule has 25 heavy (non-hydrogen) atoms. The summed E-state index contributed by atoms with van der Waals surface area (Å²) in [6.07, 6.45) is 1.05. The summed E-state index contributed by atoms with van der Waals surface area (Å²) in [4.78, 5) is 19.1. The fourth-order valence-electron chi connectivity index (χ4n) is 3.28. The van der Waals surface area contributed by atoms with Crippen LogP contribution >= 0.6 is 0 Å². The van der Waals surface area contributed by atoms with E-state index < -0.39 is 6.43 Å². The van der Waals surface area contributed by atoms with Gasteiger partial charge in [0.1, 0.15) is 5.69 Å². The Morgan fingerprint density at radius 3 is 2.60 bits per heavy atom. The zero-order valence-corrected chi connectivity index (χ0v) is 14.1. The van der Waals surface area contributed by atoms with Gasteiger partial charge in [0.2, 0.25) is 0 Å². The number of nitrogens with one attached hydrogen (secondary N) is 1. The van der Waals surface area contributed by atoms with E-state index in [0.717, 1.165) is 43.3 Å². The number of aromatic nitrogens is 3. The van der Waals surface area contributed by atoms with Crippen LogP contribution in [0.15, 0.2) is 12.1 Å². The summed E-state index contributed by atoms with van der Waals surface area (Å²) < 4.78 is 27.9. The average Bonchev–Trinajstić information content (AvgIpc) is 3.34. The molecule has 2 fully saturated rings. The smallest absolute Gasteiger partial charge is 0.280 e. The molecule has 0 aromatic carbocycles. The number of halogens is 2. The minimum Gasteiger partial charge on any atom is -0.348 e.